The van der Waals surface area contributed by atoms with Gasteiger partial charge in [-0.05, 0) is 52.9 Å². The van der Waals surface area contributed by atoms with E-state index in [1.54, 1.807) is 0 Å². The number of hydrogen-bond donors (Lipinski definition) is 2. The van der Waals surface area contributed by atoms with Crippen molar-refractivity contribution in [1.82, 2.24) is 5.32 Å². The smallest absolute Gasteiger partial charge is 0.0458 e. The fourth-order valence-corrected chi connectivity index (χ4v) is 2.52. The second kappa shape index (κ2) is 6.41. The fraction of sp³-hybridized carbons (Fsp3) is 0.571. The van der Waals surface area contributed by atoms with E-state index in [0.29, 0.717) is 0 Å². The minimum absolute atomic E-state index is 0.272. The zero-order valence-electron chi connectivity index (χ0n) is 11.0. The van der Waals surface area contributed by atoms with Crippen LogP contribution in [0.3, 0.4) is 0 Å². The molecular formula is C14H23BrN2. The van der Waals surface area contributed by atoms with Gasteiger partial charge in [0.2, 0.25) is 0 Å². The molecule has 0 radical (unpaired) electrons. The van der Waals surface area contributed by atoms with Crippen LogP contribution in [0.5, 0.6) is 0 Å². The van der Waals surface area contributed by atoms with E-state index >= 15 is 0 Å². The standard InChI is InChI=1S/C14H23BrN2/c1-4-14(5-2,6-3)17-10-11-7-8-13(16)12(15)9-11/h7-9,17H,4-6,10,16H2,1-3H3. The summed E-state index contributed by atoms with van der Waals surface area (Å²) in [6.45, 7) is 7.64. The molecule has 1 rings (SSSR count). The highest BCUT2D eigenvalue weighted by atomic mass is 79.9. The summed E-state index contributed by atoms with van der Waals surface area (Å²) in [4.78, 5) is 0. The van der Waals surface area contributed by atoms with E-state index < -0.39 is 0 Å². The van der Waals surface area contributed by atoms with Gasteiger partial charge in [-0.15, -0.1) is 0 Å². The van der Waals surface area contributed by atoms with Crippen molar-refractivity contribution in [2.75, 3.05) is 5.73 Å². The van der Waals surface area contributed by atoms with Crippen molar-refractivity contribution in [3.8, 4) is 0 Å². The number of benzene rings is 1. The molecule has 17 heavy (non-hydrogen) atoms. The Bertz CT molecular complexity index is 351. The van der Waals surface area contributed by atoms with Crippen LogP contribution >= 0.6 is 15.9 Å². The maximum absolute atomic E-state index is 5.78. The summed E-state index contributed by atoms with van der Waals surface area (Å²) in [6, 6.07) is 6.12. The molecule has 0 fully saturated rings. The van der Waals surface area contributed by atoms with Crippen molar-refractivity contribution >= 4 is 21.6 Å². The van der Waals surface area contributed by atoms with Gasteiger partial charge in [0.05, 0.1) is 0 Å². The molecule has 0 bridgehead atoms. The number of halogens is 1. The zero-order chi connectivity index (χ0) is 12.9. The normalized spacial score (nSPS) is 11.8. The lowest BCUT2D eigenvalue weighted by Gasteiger charge is -2.32. The summed E-state index contributed by atoms with van der Waals surface area (Å²) in [5, 5.41) is 3.68. The lowest BCUT2D eigenvalue weighted by atomic mass is 9.89. The molecule has 0 saturated heterocycles. The van der Waals surface area contributed by atoms with E-state index in [-0.39, 0.29) is 5.54 Å². The number of nitrogen functional groups attached to an aromatic ring is 1. The van der Waals surface area contributed by atoms with E-state index in [1.807, 2.05) is 6.07 Å². The predicted octanol–water partition coefficient (Wildman–Crippen LogP) is 4.09. The van der Waals surface area contributed by atoms with Gasteiger partial charge in [0.1, 0.15) is 0 Å². The molecule has 0 aliphatic heterocycles. The van der Waals surface area contributed by atoms with Crippen LogP contribution < -0.4 is 11.1 Å². The third-order valence-electron chi connectivity index (χ3n) is 3.76. The molecule has 3 N–H and O–H groups in total. The number of nitrogens with two attached hydrogens (primary N) is 1. The largest absolute Gasteiger partial charge is 0.398 e. The molecule has 0 saturated carbocycles. The molecule has 0 aliphatic rings. The van der Waals surface area contributed by atoms with Gasteiger partial charge in [0.15, 0.2) is 0 Å². The van der Waals surface area contributed by atoms with Crippen LogP contribution in [-0.2, 0) is 6.54 Å². The molecule has 96 valence electrons. The fourth-order valence-electron chi connectivity index (χ4n) is 2.10. The topological polar surface area (TPSA) is 38.0 Å². The van der Waals surface area contributed by atoms with Crippen molar-refractivity contribution in [3.63, 3.8) is 0 Å². The third kappa shape index (κ3) is 3.71. The third-order valence-corrected chi connectivity index (χ3v) is 4.45. The first kappa shape index (κ1) is 14.5. The second-order valence-corrected chi connectivity index (χ2v) is 5.40. The Labute approximate surface area is 113 Å². The molecular weight excluding hydrogens is 276 g/mol. The van der Waals surface area contributed by atoms with Crippen LogP contribution in [0, 0.1) is 0 Å². The summed E-state index contributed by atoms with van der Waals surface area (Å²) in [5.41, 5.74) is 8.12. The van der Waals surface area contributed by atoms with Gasteiger partial charge < -0.3 is 11.1 Å². The average Bonchev–Trinajstić information content (AvgIpc) is 2.36. The molecule has 1 aromatic rings. The van der Waals surface area contributed by atoms with Gasteiger partial charge in [-0.2, -0.15) is 0 Å². The average molecular weight is 299 g/mol. The predicted molar refractivity (Wildman–Crippen MR) is 79.0 cm³/mol. The van der Waals surface area contributed by atoms with Crippen LogP contribution in [0.2, 0.25) is 0 Å². The summed E-state index contributed by atoms with van der Waals surface area (Å²) < 4.78 is 0.979. The molecule has 2 nitrogen and oxygen atoms in total. The first-order valence-electron chi connectivity index (χ1n) is 6.35. The van der Waals surface area contributed by atoms with Crippen LogP contribution in [0.1, 0.15) is 45.6 Å². The number of nitrogens with one attached hydrogen (secondary N) is 1. The number of hydrogen-bond acceptors (Lipinski definition) is 2. The summed E-state index contributed by atoms with van der Waals surface area (Å²) >= 11 is 3.46. The molecule has 0 atom stereocenters. The van der Waals surface area contributed by atoms with Crippen molar-refractivity contribution in [3.05, 3.63) is 28.2 Å². The zero-order valence-corrected chi connectivity index (χ0v) is 12.6. The van der Waals surface area contributed by atoms with E-state index in [1.165, 1.54) is 5.56 Å². The highest BCUT2D eigenvalue weighted by Crippen LogP contribution is 2.23. The number of rotatable bonds is 6. The van der Waals surface area contributed by atoms with Gasteiger partial charge in [0, 0.05) is 22.2 Å². The summed E-state index contributed by atoms with van der Waals surface area (Å²) in [6.07, 6.45) is 3.49. The highest BCUT2D eigenvalue weighted by Gasteiger charge is 2.22. The Morgan fingerprint density at radius 2 is 1.76 bits per heavy atom. The van der Waals surface area contributed by atoms with Gasteiger partial charge in [-0.25, -0.2) is 0 Å². The Kier molecular flexibility index (Phi) is 5.47. The van der Waals surface area contributed by atoms with E-state index in [2.05, 4.69) is 54.2 Å². The summed E-state index contributed by atoms with van der Waals surface area (Å²) in [7, 11) is 0. The first-order chi connectivity index (χ1) is 8.06. The molecule has 0 unspecified atom stereocenters. The maximum atomic E-state index is 5.78. The van der Waals surface area contributed by atoms with E-state index in [9.17, 15) is 0 Å². The molecule has 0 aliphatic carbocycles. The van der Waals surface area contributed by atoms with Crippen LogP contribution in [0.4, 0.5) is 5.69 Å². The molecule has 0 spiro atoms. The second-order valence-electron chi connectivity index (χ2n) is 4.55. The van der Waals surface area contributed by atoms with Crippen molar-refractivity contribution < 1.29 is 0 Å². The Balaban J connectivity index is 2.68. The van der Waals surface area contributed by atoms with Gasteiger partial charge in [0.25, 0.3) is 0 Å². The lowest BCUT2D eigenvalue weighted by Crippen LogP contribution is -2.43. The SMILES string of the molecule is CCC(CC)(CC)NCc1ccc(N)c(Br)c1. The monoisotopic (exact) mass is 298 g/mol. The number of anilines is 1. The van der Waals surface area contributed by atoms with Crippen LogP contribution in [0.15, 0.2) is 22.7 Å². The van der Waals surface area contributed by atoms with Gasteiger partial charge >= 0.3 is 0 Å². The lowest BCUT2D eigenvalue weighted by molar-refractivity contribution is 0.288. The Morgan fingerprint density at radius 3 is 2.24 bits per heavy atom. The Hall–Kier alpha value is -0.540. The molecule has 0 amide bonds. The van der Waals surface area contributed by atoms with E-state index in [0.717, 1.165) is 36.0 Å². The van der Waals surface area contributed by atoms with Gasteiger partial charge in [-0.1, -0.05) is 26.8 Å². The molecule has 0 aromatic heterocycles. The molecule has 0 heterocycles. The van der Waals surface area contributed by atoms with E-state index in [4.69, 9.17) is 5.73 Å². The summed E-state index contributed by atoms with van der Waals surface area (Å²) in [5.74, 6) is 0. The molecule has 1 aromatic carbocycles. The van der Waals surface area contributed by atoms with Crippen LogP contribution in [0.25, 0.3) is 0 Å². The minimum Gasteiger partial charge on any atom is -0.398 e. The quantitative estimate of drug-likeness (QED) is 0.776. The molecule has 3 heteroatoms. The van der Waals surface area contributed by atoms with Crippen LogP contribution in [-0.4, -0.2) is 5.54 Å². The Morgan fingerprint density at radius 1 is 1.18 bits per heavy atom. The minimum atomic E-state index is 0.272. The van der Waals surface area contributed by atoms with Crippen molar-refractivity contribution in [2.24, 2.45) is 0 Å². The first-order valence-corrected chi connectivity index (χ1v) is 7.15. The maximum Gasteiger partial charge on any atom is 0.0458 e. The van der Waals surface area contributed by atoms with Gasteiger partial charge in [-0.3, -0.25) is 0 Å². The van der Waals surface area contributed by atoms with Crippen molar-refractivity contribution in [1.29, 1.82) is 0 Å². The van der Waals surface area contributed by atoms with Crippen molar-refractivity contribution in [2.45, 2.75) is 52.1 Å². The highest BCUT2D eigenvalue weighted by molar-refractivity contribution is 9.10.